The molecule has 15 heavy (non-hydrogen) atoms. The van der Waals surface area contributed by atoms with E-state index < -0.39 is 0 Å². The average Bonchev–Trinajstić information content (AvgIpc) is 2.29. The maximum atomic E-state index is 13.0. The second-order valence-corrected chi connectivity index (χ2v) is 3.89. The summed E-state index contributed by atoms with van der Waals surface area (Å²) in [6.07, 6.45) is 1.97. The van der Waals surface area contributed by atoms with E-state index >= 15 is 0 Å². The third-order valence-corrected chi connectivity index (χ3v) is 2.78. The quantitative estimate of drug-likeness (QED) is 0.703. The smallest absolute Gasteiger partial charge is 0.125 e. The summed E-state index contributed by atoms with van der Waals surface area (Å²) in [5.41, 5.74) is 0.884. The molecule has 0 amide bonds. The normalized spacial score (nSPS) is 21.1. The first-order valence-corrected chi connectivity index (χ1v) is 5.20. The number of anilines is 1. The fourth-order valence-electron chi connectivity index (χ4n) is 1.99. The molecule has 78 valence electrons. The Hall–Kier alpha value is -1.56. The molecule has 1 aromatic carbocycles. The Labute approximate surface area is 88.9 Å². The lowest BCUT2D eigenvalue weighted by atomic mass is 9.99. The van der Waals surface area contributed by atoms with Gasteiger partial charge in [-0.15, -0.1) is 0 Å². The zero-order valence-electron chi connectivity index (χ0n) is 8.49. The summed E-state index contributed by atoms with van der Waals surface area (Å²) in [4.78, 5) is 2.08. The number of nitriles is 1. The molecule has 1 fully saturated rings. The highest BCUT2D eigenvalue weighted by atomic mass is 19.1. The molecule has 0 spiro atoms. The van der Waals surface area contributed by atoms with Crippen LogP contribution in [0.3, 0.4) is 0 Å². The summed E-state index contributed by atoms with van der Waals surface area (Å²) in [6, 6.07) is 8.85. The molecule has 1 saturated heterocycles. The Morgan fingerprint density at radius 2 is 2.33 bits per heavy atom. The molecule has 0 saturated carbocycles. The van der Waals surface area contributed by atoms with Crippen LogP contribution in [0.5, 0.6) is 0 Å². The van der Waals surface area contributed by atoms with Gasteiger partial charge in [0, 0.05) is 18.8 Å². The van der Waals surface area contributed by atoms with Crippen molar-refractivity contribution in [3.05, 3.63) is 30.1 Å². The van der Waals surface area contributed by atoms with Crippen LogP contribution in [-0.2, 0) is 0 Å². The van der Waals surface area contributed by atoms with E-state index in [1.165, 1.54) is 12.1 Å². The van der Waals surface area contributed by atoms with Crippen molar-refractivity contribution in [1.29, 1.82) is 5.26 Å². The van der Waals surface area contributed by atoms with Gasteiger partial charge in [-0.3, -0.25) is 0 Å². The fourth-order valence-corrected chi connectivity index (χ4v) is 1.99. The van der Waals surface area contributed by atoms with Crippen LogP contribution < -0.4 is 4.90 Å². The van der Waals surface area contributed by atoms with Gasteiger partial charge in [0.25, 0.3) is 0 Å². The zero-order valence-corrected chi connectivity index (χ0v) is 8.49. The zero-order chi connectivity index (χ0) is 10.7. The molecule has 1 aliphatic rings. The Morgan fingerprint density at radius 1 is 1.47 bits per heavy atom. The summed E-state index contributed by atoms with van der Waals surface area (Å²) >= 11 is 0. The second-order valence-electron chi connectivity index (χ2n) is 3.89. The van der Waals surface area contributed by atoms with Crippen LogP contribution in [0.1, 0.15) is 12.8 Å². The maximum Gasteiger partial charge on any atom is 0.125 e. The van der Waals surface area contributed by atoms with Crippen LogP contribution in [0.2, 0.25) is 0 Å². The standard InChI is InChI=1S/C12H13FN2/c13-11-4-1-5-12(7-11)15-6-2-3-10(8-14)9-15/h1,4-5,7,10H,2-3,6,9H2. The van der Waals surface area contributed by atoms with E-state index in [2.05, 4.69) is 11.0 Å². The van der Waals surface area contributed by atoms with E-state index in [0.717, 1.165) is 31.6 Å². The van der Waals surface area contributed by atoms with Gasteiger partial charge < -0.3 is 4.90 Å². The Bertz CT molecular complexity index is 383. The minimum atomic E-state index is -0.216. The molecule has 1 atom stereocenters. The van der Waals surface area contributed by atoms with Crippen LogP contribution >= 0.6 is 0 Å². The summed E-state index contributed by atoms with van der Waals surface area (Å²) in [6.45, 7) is 1.64. The van der Waals surface area contributed by atoms with Crippen molar-refractivity contribution < 1.29 is 4.39 Å². The number of nitrogens with zero attached hydrogens (tertiary/aromatic N) is 2. The molecule has 2 rings (SSSR count). The van der Waals surface area contributed by atoms with Gasteiger partial charge in [-0.25, -0.2) is 4.39 Å². The van der Waals surface area contributed by atoms with Crippen molar-refractivity contribution in [3.8, 4) is 6.07 Å². The highest BCUT2D eigenvalue weighted by Gasteiger charge is 2.19. The molecule has 1 heterocycles. The molecule has 0 radical (unpaired) electrons. The van der Waals surface area contributed by atoms with Gasteiger partial charge in [-0.1, -0.05) is 6.07 Å². The van der Waals surface area contributed by atoms with Crippen molar-refractivity contribution in [2.75, 3.05) is 18.0 Å². The summed E-state index contributed by atoms with van der Waals surface area (Å²) < 4.78 is 13.0. The lowest BCUT2D eigenvalue weighted by Gasteiger charge is -2.31. The highest BCUT2D eigenvalue weighted by Crippen LogP contribution is 2.23. The third-order valence-electron chi connectivity index (χ3n) is 2.78. The highest BCUT2D eigenvalue weighted by molar-refractivity contribution is 5.47. The molecule has 0 N–H and O–H groups in total. The van der Waals surface area contributed by atoms with Crippen LogP contribution in [0.15, 0.2) is 24.3 Å². The molecule has 0 aromatic heterocycles. The lowest BCUT2D eigenvalue weighted by molar-refractivity contribution is 0.493. The summed E-state index contributed by atoms with van der Waals surface area (Å²) in [5.74, 6) is -0.131. The van der Waals surface area contributed by atoms with Crippen LogP contribution in [-0.4, -0.2) is 13.1 Å². The van der Waals surface area contributed by atoms with Crippen molar-refractivity contribution >= 4 is 5.69 Å². The lowest BCUT2D eigenvalue weighted by Crippen LogP contribution is -2.34. The van der Waals surface area contributed by atoms with E-state index in [4.69, 9.17) is 5.26 Å². The van der Waals surface area contributed by atoms with Gasteiger partial charge in [0.1, 0.15) is 5.82 Å². The van der Waals surface area contributed by atoms with E-state index in [0.29, 0.717) is 0 Å². The Balaban J connectivity index is 2.14. The van der Waals surface area contributed by atoms with E-state index in [1.807, 2.05) is 6.07 Å². The Morgan fingerprint density at radius 3 is 3.07 bits per heavy atom. The number of rotatable bonds is 1. The molecular formula is C12H13FN2. The van der Waals surface area contributed by atoms with E-state index in [1.54, 1.807) is 6.07 Å². The predicted molar refractivity (Wildman–Crippen MR) is 57.0 cm³/mol. The fraction of sp³-hybridized carbons (Fsp3) is 0.417. The third kappa shape index (κ3) is 2.27. The number of piperidine rings is 1. The van der Waals surface area contributed by atoms with Gasteiger partial charge in [0.2, 0.25) is 0 Å². The summed E-state index contributed by atoms with van der Waals surface area (Å²) in [5, 5.41) is 8.86. The molecule has 0 aliphatic carbocycles. The van der Waals surface area contributed by atoms with E-state index in [9.17, 15) is 4.39 Å². The van der Waals surface area contributed by atoms with E-state index in [-0.39, 0.29) is 11.7 Å². The predicted octanol–water partition coefficient (Wildman–Crippen LogP) is 2.57. The van der Waals surface area contributed by atoms with Crippen LogP contribution in [0.4, 0.5) is 10.1 Å². The van der Waals surface area contributed by atoms with Crippen LogP contribution in [0.25, 0.3) is 0 Å². The largest absolute Gasteiger partial charge is 0.370 e. The Kier molecular flexibility index (Phi) is 2.86. The number of hydrogen-bond acceptors (Lipinski definition) is 2. The maximum absolute atomic E-state index is 13.0. The molecule has 0 bridgehead atoms. The topological polar surface area (TPSA) is 27.0 Å². The monoisotopic (exact) mass is 204 g/mol. The number of hydrogen-bond donors (Lipinski definition) is 0. The first-order chi connectivity index (χ1) is 7.29. The van der Waals surface area contributed by atoms with Crippen LogP contribution in [0, 0.1) is 23.1 Å². The number of halogens is 1. The minimum absolute atomic E-state index is 0.0852. The van der Waals surface area contributed by atoms with Gasteiger partial charge >= 0.3 is 0 Å². The summed E-state index contributed by atoms with van der Waals surface area (Å²) in [7, 11) is 0. The van der Waals surface area contributed by atoms with Crippen molar-refractivity contribution in [2.45, 2.75) is 12.8 Å². The van der Waals surface area contributed by atoms with Crippen molar-refractivity contribution in [3.63, 3.8) is 0 Å². The molecule has 3 heteroatoms. The molecule has 1 aromatic rings. The molecule has 2 nitrogen and oxygen atoms in total. The second kappa shape index (κ2) is 4.31. The van der Waals surface area contributed by atoms with Gasteiger partial charge in [0.05, 0.1) is 12.0 Å². The SMILES string of the molecule is N#CC1CCCN(c2cccc(F)c2)C1. The first-order valence-electron chi connectivity index (χ1n) is 5.20. The number of benzene rings is 1. The van der Waals surface area contributed by atoms with Crippen molar-refractivity contribution in [2.24, 2.45) is 5.92 Å². The van der Waals surface area contributed by atoms with Gasteiger partial charge in [-0.2, -0.15) is 5.26 Å². The molecular weight excluding hydrogens is 191 g/mol. The average molecular weight is 204 g/mol. The van der Waals surface area contributed by atoms with Gasteiger partial charge in [0.15, 0.2) is 0 Å². The van der Waals surface area contributed by atoms with Crippen molar-refractivity contribution in [1.82, 2.24) is 0 Å². The first kappa shape index (κ1) is 9.97. The minimum Gasteiger partial charge on any atom is -0.370 e. The van der Waals surface area contributed by atoms with Gasteiger partial charge in [-0.05, 0) is 31.0 Å². The molecule has 1 aliphatic heterocycles. The molecule has 1 unspecified atom stereocenters.